The first-order valence-corrected chi connectivity index (χ1v) is 10.4. The van der Waals surface area contributed by atoms with Gasteiger partial charge in [0.2, 0.25) is 5.91 Å². The Bertz CT molecular complexity index is 888. The fourth-order valence-corrected chi connectivity index (χ4v) is 3.93. The Balaban J connectivity index is 1.38. The van der Waals surface area contributed by atoms with Gasteiger partial charge >= 0.3 is 0 Å². The number of rotatable bonds is 6. The molecule has 152 valence electrons. The molecule has 4 rings (SSSR count). The summed E-state index contributed by atoms with van der Waals surface area (Å²) in [6, 6.07) is 12.4. The molecule has 2 aromatic rings. The third kappa shape index (κ3) is 4.48. The van der Waals surface area contributed by atoms with Gasteiger partial charge in [0.1, 0.15) is 11.7 Å². The Morgan fingerprint density at radius 2 is 1.90 bits per heavy atom. The standard InChI is InChI=1S/C23H27FN4O/c1-2-3-10-27-11-13-28(14-12-27)19-7-5-18(6-8-19)25-16-21-20-15-17(24)4-9-22(20)26-23(21)29/h4-9,15-16,21H,2-3,10-14H2,1H3,(H,26,29). The van der Waals surface area contributed by atoms with Crippen LogP contribution in [0.5, 0.6) is 0 Å². The molecular weight excluding hydrogens is 367 g/mol. The van der Waals surface area contributed by atoms with Gasteiger partial charge in [-0.05, 0) is 61.0 Å². The summed E-state index contributed by atoms with van der Waals surface area (Å²) in [6.45, 7) is 7.71. The molecule has 29 heavy (non-hydrogen) atoms. The number of nitrogens with zero attached hydrogens (tertiary/aromatic N) is 3. The zero-order valence-corrected chi connectivity index (χ0v) is 16.8. The maximum absolute atomic E-state index is 13.5. The van der Waals surface area contributed by atoms with Crippen molar-refractivity contribution >= 4 is 29.2 Å². The van der Waals surface area contributed by atoms with Crippen LogP contribution in [-0.2, 0) is 4.79 Å². The summed E-state index contributed by atoms with van der Waals surface area (Å²) < 4.78 is 13.5. The minimum atomic E-state index is -0.559. The van der Waals surface area contributed by atoms with Gasteiger partial charge in [-0.15, -0.1) is 0 Å². The molecule has 6 heteroatoms. The van der Waals surface area contributed by atoms with Crippen LogP contribution in [0, 0.1) is 5.82 Å². The number of hydrogen-bond acceptors (Lipinski definition) is 4. The van der Waals surface area contributed by atoms with Gasteiger partial charge in [-0.1, -0.05) is 13.3 Å². The van der Waals surface area contributed by atoms with Crippen molar-refractivity contribution in [2.24, 2.45) is 4.99 Å². The second-order valence-electron chi connectivity index (χ2n) is 7.68. The van der Waals surface area contributed by atoms with E-state index in [1.54, 1.807) is 12.3 Å². The Labute approximate surface area is 171 Å². The minimum absolute atomic E-state index is 0.174. The highest BCUT2D eigenvalue weighted by Crippen LogP contribution is 2.32. The van der Waals surface area contributed by atoms with E-state index in [2.05, 4.69) is 39.2 Å². The summed E-state index contributed by atoms with van der Waals surface area (Å²) in [4.78, 5) is 21.6. The van der Waals surface area contributed by atoms with Crippen LogP contribution in [0.2, 0.25) is 0 Å². The van der Waals surface area contributed by atoms with Crippen molar-refractivity contribution in [3.8, 4) is 0 Å². The highest BCUT2D eigenvalue weighted by molar-refractivity contribution is 6.12. The number of hydrogen-bond donors (Lipinski definition) is 1. The SMILES string of the molecule is CCCCN1CCN(c2ccc(N=CC3C(=O)Nc4ccc(F)cc43)cc2)CC1. The van der Waals surface area contributed by atoms with Crippen molar-refractivity contribution in [3.63, 3.8) is 0 Å². The maximum atomic E-state index is 13.5. The average molecular weight is 394 g/mol. The van der Waals surface area contributed by atoms with Crippen LogP contribution in [0.25, 0.3) is 0 Å². The van der Waals surface area contributed by atoms with Gasteiger partial charge < -0.3 is 10.2 Å². The van der Waals surface area contributed by atoms with E-state index in [1.165, 1.54) is 37.2 Å². The van der Waals surface area contributed by atoms with Gasteiger partial charge in [-0.3, -0.25) is 14.7 Å². The van der Waals surface area contributed by atoms with Crippen molar-refractivity contribution in [2.75, 3.05) is 42.9 Å². The molecule has 0 saturated carbocycles. The van der Waals surface area contributed by atoms with Crippen LogP contribution < -0.4 is 10.2 Å². The number of halogens is 1. The summed E-state index contributed by atoms with van der Waals surface area (Å²) in [5.74, 6) is -1.08. The molecule has 1 saturated heterocycles. The molecule has 2 aliphatic rings. The highest BCUT2D eigenvalue weighted by atomic mass is 19.1. The number of nitrogens with one attached hydrogen (secondary N) is 1. The zero-order valence-electron chi connectivity index (χ0n) is 16.8. The van der Waals surface area contributed by atoms with Crippen LogP contribution in [0.1, 0.15) is 31.2 Å². The summed E-state index contributed by atoms with van der Waals surface area (Å²) in [5, 5.41) is 2.77. The summed E-state index contributed by atoms with van der Waals surface area (Å²) in [6.07, 6.45) is 4.11. The number of aliphatic imine (C=N–C) groups is 1. The Hall–Kier alpha value is -2.73. The van der Waals surface area contributed by atoms with Gasteiger partial charge in [-0.25, -0.2) is 4.39 Å². The molecule has 2 aromatic carbocycles. The molecule has 1 unspecified atom stereocenters. The van der Waals surface area contributed by atoms with Gasteiger partial charge in [0, 0.05) is 43.8 Å². The Morgan fingerprint density at radius 1 is 1.14 bits per heavy atom. The molecule has 0 aliphatic carbocycles. The predicted octanol–water partition coefficient (Wildman–Crippen LogP) is 4.19. The minimum Gasteiger partial charge on any atom is -0.369 e. The van der Waals surface area contributed by atoms with E-state index in [4.69, 9.17) is 0 Å². The van der Waals surface area contributed by atoms with Crippen LogP contribution in [-0.4, -0.2) is 49.7 Å². The van der Waals surface area contributed by atoms with Crippen LogP contribution in [0.4, 0.5) is 21.5 Å². The second kappa shape index (κ2) is 8.74. The maximum Gasteiger partial charge on any atom is 0.237 e. The molecule has 0 spiro atoms. The van der Waals surface area contributed by atoms with Crippen molar-refractivity contribution in [3.05, 3.63) is 53.8 Å². The lowest BCUT2D eigenvalue weighted by Crippen LogP contribution is -2.46. The fraction of sp³-hybridized carbons (Fsp3) is 0.391. The number of anilines is 2. The van der Waals surface area contributed by atoms with E-state index in [0.717, 1.165) is 31.9 Å². The quantitative estimate of drug-likeness (QED) is 0.748. The number of unbranched alkanes of at least 4 members (excludes halogenated alkanes) is 1. The molecule has 0 aromatic heterocycles. The molecule has 1 fully saturated rings. The number of fused-ring (bicyclic) bond motifs is 1. The number of carbonyl (C=O) groups is 1. The molecule has 2 aliphatic heterocycles. The first kappa shape index (κ1) is 19.6. The first-order valence-electron chi connectivity index (χ1n) is 10.4. The molecule has 0 radical (unpaired) electrons. The van der Waals surface area contributed by atoms with E-state index in [1.807, 2.05) is 12.1 Å². The van der Waals surface area contributed by atoms with E-state index in [-0.39, 0.29) is 11.7 Å². The van der Waals surface area contributed by atoms with Gasteiger partial charge in [0.25, 0.3) is 0 Å². The molecule has 1 N–H and O–H groups in total. The van der Waals surface area contributed by atoms with Crippen molar-refractivity contribution in [1.29, 1.82) is 0 Å². The lowest BCUT2D eigenvalue weighted by molar-refractivity contribution is -0.115. The van der Waals surface area contributed by atoms with Crippen LogP contribution in [0.15, 0.2) is 47.5 Å². The summed E-state index contributed by atoms with van der Waals surface area (Å²) in [7, 11) is 0. The van der Waals surface area contributed by atoms with E-state index >= 15 is 0 Å². The number of amides is 1. The van der Waals surface area contributed by atoms with Crippen LogP contribution >= 0.6 is 0 Å². The van der Waals surface area contributed by atoms with Crippen molar-refractivity contribution in [1.82, 2.24) is 4.90 Å². The van der Waals surface area contributed by atoms with Gasteiger partial charge in [0.05, 0.1) is 5.69 Å². The zero-order chi connectivity index (χ0) is 20.2. The Kier molecular flexibility index (Phi) is 5.90. The Morgan fingerprint density at radius 3 is 2.62 bits per heavy atom. The molecule has 5 nitrogen and oxygen atoms in total. The lowest BCUT2D eigenvalue weighted by Gasteiger charge is -2.36. The molecule has 1 amide bonds. The first-order chi connectivity index (χ1) is 14.1. The largest absolute Gasteiger partial charge is 0.369 e. The highest BCUT2D eigenvalue weighted by Gasteiger charge is 2.29. The van der Waals surface area contributed by atoms with Crippen molar-refractivity contribution < 1.29 is 9.18 Å². The third-order valence-corrected chi connectivity index (χ3v) is 5.68. The smallest absolute Gasteiger partial charge is 0.237 e. The van der Waals surface area contributed by atoms with E-state index in [0.29, 0.717) is 11.3 Å². The molecule has 2 heterocycles. The summed E-state index contributed by atoms with van der Waals surface area (Å²) in [5.41, 5.74) is 3.27. The fourth-order valence-electron chi connectivity index (χ4n) is 3.93. The number of carbonyl (C=O) groups excluding carboxylic acids is 1. The summed E-state index contributed by atoms with van der Waals surface area (Å²) >= 11 is 0. The van der Waals surface area contributed by atoms with Gasteiger partial charge in [0.15, 0.2) is 0 Å². The molecule has 1 atom stereocenters. The lowest BCUT2D eigenvalue weighted by atomic mass is 10.0. The van der Waals surface area contributed by atoms with E-state index in [9.17, 15) is 9.18 Å². The van der Waals surface area contributed by atoms with E-state index < -0.39 is 5.92 Å². The number of benzene rings is 2. The average Bonchev–Trinajstić information content (AvgIpc) is 3.06. The number of piperazine rings is 1. The topological polar surface area (TPSA) is 47.9 Å². The van der Waals surface area contributed by atoms with Crippen molar-refractivity contribution in [2.45, 2.75) is 25.7 Å². The normalized spacial score (nSPS) is 19.6. The van der Waals surface area contributed by atoms with Crippen LogP contribution in [0.3, 0.4) is 0 Å². The monoisotopic (exact) mass is 394 g/mol. The van der Waals surface area contributed by atoms with Gasteiger partial charge in [-0.2, -0.15) is 0 Å². The molecule has 0 bridgehead atoms. The third-order valence-electron chi connectivity index (χ3n) is 5.68. The molecular formula is C23H27FN4O. The second-order valence-corrected chi connectivity index (χ2v) is 7.68. The predicted molar refractivity (Wildman–Crippen MR) is 116 cm³/mol.